The molecule has 1 fully saturated rings. The van der Waals surface area contributed by atoms with Crippen LogP contribution in [0.25, 0.3) is 0 Å². The third-order valence-electron chi connectivity index (χ3n) is 3.42. The van der Waals surface area contributed by atoms with Crippen molar-refractivity contribution in [1.29, 1.82) is 0 Å². The molecule has 1 amide bonds. The minimum absolute atomic E-state index is 0.131. The van der Waals surface area contributed by atoms with Gasteiger partial charge in [0.2, 0.25) is 0 Å². The fourth-order valence-electron chi connectivity index (χ4n) is 2.31. The Morgan fingerprint density at radius 3 is 2.62 bits per heavy atom. The number of rotatable bonds is 4. The van der Waals surface area contributed by atoms with Crippen LogP contribution in [0.4, 0.5) is 8.78 Å². The van der Waals surface area contributed by atoms with Crippen LogP contribution in [0.2, 0.25) is 0 Å². The van der Waals surface area contributed by atoms with Crippen molar-refractivity contribution in [3.05, 3.63) is 35.4 Å². The highest BCUT2D eigenvalue weighted by atomic mass is 19.1. The molecule has 1 aromatic carbocycles. The Balaban J connectivity index is 1.81. The van der Waals surface area contributed by atoms with Gasteiger partial charge in [0.25, 0.3) is 5.91 Å². The molecule has 1 aliphatic rings. The molecule has 4 nitrogen and oxygen atoms in total. The van der Waals surface area contributed by atoms with E-state index in [4.69, 9.17) is 0 Å². The Morgan fingerprint density at radius 1 is 1.24 bits per heavy atom. The van der Waals surface area contributed by atoms with Gasteiger partial charge in [0, 0.05) is 11.6 Å². The average molecular weight is 295 g/mol. The molecule has 0 spiro atoms. The van der Waals surface area contributed by atoms with Crippen molar-refractivity contribution in [3.8, 4) is 0 Å². The van der Waals surface area contributed by atoms with E-state index in [-0.39, 0.29) is 11.5 Å². The lowest BCUT2D eigenvalue weighted by atomic mass is 10.2. The second-order valence-electron chi connectivity index (χ2n) is 5.15. The lowest BCUT2D eigenvalue weighted by Crippen LogP contribution is -2.35. The Labute approximate surface area is 122 Å². The molecule has 0 aliphatic carbocycles. The Kier molecular flexibility index (Phi) is 5.80. The number of amides is 1. The number of carbonyl (C=O) groups excluding carboxylic acids is 1. The summed E-state index contributed by atoms with van der Waals surface area (Å²) < 4.78 is 26.1. The first-order valence-corrected chi connectivity index (χ1v) is 7.14. The highest BCUT2D eigenvalue weighted by Gasteiger charge is 2.12. The number of likely N-dealkylation sites (tertiary alicyclic amines) is 1. The van der Waals surface area contributed by atoms with E-state index in [0.29, 0.717) is 6.54 Å². The number of carbonyl (C=O) groups is 1. The number of halogens is 2. The zero-order valence-corrected chi connectivity index (χ0v) is 11.8. The number of hydrazone groups is 1. The molecule has 1 saturated heterocycles. The monoisotopic (exact) mass is 295 g/mol. The van der Waals surface area contributed by atoms with Crippen LogP contribution in [-0.4, -0.2) is 36.7 Å². The first kappa shape index (κ1) is 15.6. The highest BCUT2D eigenvalue weighted by Crippen LogP contribution is 2.09. The fourth-order valence-corrected chi connectivity index (χ4v) is 2.31. The van der Waals surface area contributed by atoms with Gasteiger partial charge in [-0.1, -0.05) is 12.8 Å². The molecule has 2 rings (SSSR count). The van der Waals surface area contributed by atoms with Gasteiger partial charge in [-0.25, -0.2) is 14.2 Å². The maximum Gasteiger partial charge on any atom is 0.254 e. The predicted octanol–water partition coefficient (Wildman–Crippen LogP) is 2.29. The van der Waals surface area contributed by atoms with Crippen molar-refractivity contribution in [1.82, 2.24) is 10.3 Å². The molecule has 1 aromatic rings. The van der Waals surface area contributed by atoms with Gasteiger partial charge in [0.15, 0.2) is 0 Å². The molecule has 114 valence electrons. The minimum Gasteiger partial charge on any atom is -0.294 e. The summed E-state index contributed by atoms with van der Waals surface area (Å²) in [6.07, 6.45) is 5.81. The maximum atomic E-state index is 13.3. The number of hydrogen-bond acceptors (Lipinski definition) is 3. The zero-order valence-electron chi connectivity index (χ0n) is 11.8. The first-order valence-electron chi connectivity index (χ1n) is 7.14. The SMILES string of the molecule is O=C(CN1CCCCCC1)N/N=C/c1ccc(F)cc1F. The van der Waals surface area contributed by atoms with Gasteiger partial charge in [-0.15, -0.1) is 0 Å². The van der Waals surface area contributed by atoms with Crippen LogP contribution in [0.15, 0.2) is 23.3 Å². The number of nitrogens with zero attached hydrogens (tertiary/aromatic N) is 2. The van der Waals surface area contributed by atoms with Crippen molar-refractivity contribution >= 4 is 12.1 Å². The van der Waals surface area contributed by atoms with Crippen LogP contribution in [0, 0.1) is 11.6 Å². The van der Waals surface area contributed by atoms with Crippen molar-refractivity contribution in [2.45, 2.75) is 25.7 Å². The molecule has 0 atom stereocenters. The topological polar surface area (TPSA) is 44.7 Å². The van der Waals surface area contributed by atoms with Crippen LogP contribution in [0.1, 0.15) is 31.2 Å². The number of nitrogens with one attached hydrogen (secondary N) is 1. The van der Waals surface area contributed by atoms with Gasteiger partial charge < -0.3 is 0 Å². The fraction of sp³-hybridized carbons (Fsp3) is 0.467. The van der Waals surface area contributed by atoms with Gasteiger partial charge in [-0.3, -0.25) is 9.69 Å². The van der Waals surface area contributed by atoms with Crippen LogP contribution in [-0.2, 0) is 4.79 Å². The van der Waals surface area contributed by atoms with Gasteiger partial charge >= 0.3 is 0 Å². The summed E-state index contributed by atoms with van der Waals surface area (Å²) in [6, 6.07) is 3.19. The summed E-state index contributed by atoms with van der Waals surface area (Å²) in [5.41, 5.74) is 2.50. The molecule has 0 saturated carbocycles. The highest BCUT2D eigenvalue weighted by molar-refractivity contribution is 5.83. The molecule has 0 radical (unpaired) electrons. The number of hydrogen-bond donors (Lipinski definition) is 1. The van der Waals surface area contributed by atoms with E-state index in [1.807, 2.05) is 0 Å². The first-order chi connectivity index (χ1) is 10.1. The van der Waals surface area contributed by atoms with Gasteiger partial charge in [0.05, 0.1) is 12.8 Å². The van der Waals surface area contributed by atoms with Crippen LogP contribution in [0.3, 0.4) is 0 Å². The normalized spacial score (nSPS) is 16.9. The minimum atomic E-state index is -0.708. The van der Waals surface area contributed by atoms with Crippen LogP contribution < -0.4 is 5.43 Å². The lowest BCUT2D eigenvalue weighted by molar-refractivity contribution is -0.122. The zero-order chi connectivity index (χ0) is 15.1. The van der Waals surface area contributed by atoms with E-state index >= 15 is 0 Å². The molecule has 0 unspecified atom stereocenters. The second-order valence-corrected chi connectivity index (χ2v) is 5.15. The standard InChI is InChI=1S/C15H19F2N3O/c16-13-6-5-12(14(17)9-13)10-18-19-15(21)11-20-7-3-1-2-4-8-20/h5-6,9-10H,1-4,7-8,11H2,(H,19,21)/b18-10+. The molecule has 0 bridgehead atoms. The smallest absolute Gasteiger partial charge is 0.254 e. The van der Waals surface area contributed by atoms with E-state index in [9.17, 15) is 13.6 Å². The quantitative estimate of drug-likeness (QED) is 0.684. The molecular weight excluding hydrogens is 276 g/mol. The Morgan fingerprint density at radius 2 is 1.95 bits per heavy atom. The molecule has 21 heavy (non-hydrogen) atoms. The lowest BCUT2D eigenvalue weighted by Gasteiger charge is -2.17. The summed E-state index contributed by atoms with van der Waals surface area (Å²) in [7, 11) is 0. The van der Waals surface area contributed by atoms with Crippen LogP contribution >= 0.6 is 0 Å². The Hall–Kier alpha value is -1.82. The van der Waals surface area contributed by atoms with Crippen molar-refractivity contribution in [3.63, 3.8) is 0 Å². The van der Waals surface area contributed by atoms with E-state index < -0.39 is 11.6 Å². The molecule has 1 heterocycles. The van der Waals surface area contributed by atoms with Gasteiger partial charge in [0.1, 0.15) is 11.6 Å². The summed E-state index contributed by atoms with van der Waals surface area (Å²) in [4.78, 5) is 13.8. The summed E-state index contributed by atoms with van der Waals surface area (Å²) >= 11 is 0. The third kappa shape index (κ3) is 5.23. The third-order valence-corrected chi connectivity index (χ3v) is 3.42. The molecule has 6 heteroatoms. The van der Waals surface area contributed by atoms with Crippen LogP contribution in [0.5, 0.6) is 0 Å². The summed E-state index contributed by atoms with van der Waals surface area (Å²) in [5, 5.41) is 3.71. The van der Waals surface area contributed by atoms with Gasteiger partial charge in [-0.2, -0.15) is 5.10 Å². The van der Waals surface area contributed by atoms with E-state index in [0.717, 1.165) is 38.1 Å². The van der Waals surface area contributed by atoms with E-state index in [2.05, 4.69) is 15.4 Å². The largest absolute Gasteiger partial charge is 0.294 e. The molecular formula is C15H19F2N3O. The second kappa shape index (κ2) is 7.83. The predicted molar refractivity (Wildman–Crippen MR) is 77.0 cm³/mol. The average Bonchev–Trinajstić information content (AvgIpc) is 2.70. The van der Waals surface area contributed by atoms with Crippen molar-refractivity contribution < 1.29 is 13.6 Å². The number of benzene rings is 1. The van der Waals surface area contributed by atoms with Crippen molar-refractivity contribution in [2.24, 2.45) is 5.10 Å². The summed E-state index contributed by atoms with van der Waals surface area (Å²) in [5.74, 6) is -1.58. The molecule has 0 aromatic heterocycles. The summed E-state index contributed by atoms with van der Waals surface area (Å²) in [6.45, 7) is 2.14. The maximum absolute atomic E-state index is 13.3. The molecule has 1 N–H and O–H groups in total. The van der Waals surface area contributed by atoms with E-state index in [1.54, 1.807) is 0 Å². The van der Waals surface area contributed by atoms with Gasteiger partial charge in [-0.05, 0) is 38.1 Å². The Bertz CT molecular complexity index is 512. The molecule has 1 aliphatic heterocycles. The van der Waals surface area contributed by atoms with E-state index in [1.165, 1.54) is 25.1 Å². The van der Waals surface area contributed by atoms with Crippen molar-refractivity contribution in [2.75, 3.05) is 19.6 Å².